The third-order valence-electron chi connectivity index (χ3n) is 3.75. The fourth-order valence-electron chi connectivity index (χ4n) is 2.34. The number of carbonyl (C=O) groups excluding carboxylic acids is 2. The number of rotatable bonds is 7. The summed E-state index contributed by atoms with van der Waals surface area (Å²) in [4.78, 5) is 23.8. The first kappa shape index (κ1) is 15.5. The average molecular weight is 290 g/mol. The Morgan fingerprint density at radius 3 is 2.57 bits per heavy atom. The predicted octanol–water partition coefficient (Wildman–Crippen LogP) is 1.01. The molecule has 0 radical (unpaired) electrons. The molecule has 0 aromatic heterocycles. The molecule has 21 heavy (non-hydrogen) atoms. The van der Waals surface area contributed by atoms with Crippen molar-refractivity contribution in [1.82, 2.24) is 5.32 Å². The molecule has 0 bridgehead atoms. The number of ether oxygens (including phenoxy) is 1. The highest BCUT2D eigenvalue weighted by molar-refractivity contribution is 5.85. The van der Waals surface area contributed by atoms with Crippen molar-refractivity contribution < 1.29 is 14.3 Å². The first-order chi connectivity index (χ1) is 10.1. The molecule has 3 N–H and O–H groups in total. The highest BCUT2D eigenvalue weighted by Crippen LogP contribution is 2.32. The molecule has 0 spiro atoms. The first-order valence-electron chi connectivity index (χ1n) is 7.27. The number of hydrogen-bond donors (Lipinski definition) is 2. The Morgan fingerprint density at radius 1 is 1.33 bits per heavy atom. The van der Waals surface area contributed by atoms with E-state index in [1.807, 2.05) is 30.3 Å². The molecule has 1 aliphatic carbocycles. The quantitative estimate of drug-likeness (QED) is 0.734. The van der Waals surface area contributed by atoms with E-state index in [2.05, 4.69) is 5.32 Å². The lowest BCUT2D eigenvalue weighted by molar-refractivity contribution is -0.145. The summed E-state index contributed by atoms with van der Waals surface area (Å²) in [5, 5.41) is 2.74. The van der Waals surface area contributed by atoms with E-state index in [9.17, 15) is 9.59 Å². The number of methoxy groups -OCH3 is 1. The third-order valence-corrected chi connectivity index (χ3v) is 3.75. The van der Waals surface area contributed by atoms with E-state index in [1.165, 1.54) is 7.11 Å². The van der Waals surface area contributed by atoms with Gasteiger partial charge in [0.15, 0.2) is 0 Å². The second-order valence-electron chi connectivity index (χ2n) is 5.54. The minimum absolute atomic E-state index is 0.111. The number of carbonyl (C=O) groups is 2. The van der Waals surface area contributed by atoms with Crippen LogP contribution in [0.25, 0.3) is 0 Å². The van der Waals surface area contributed by atoms with Crippen molar-refractivity contribution in [2.45, 2.75) is 37.8 Å². The smallest absolute Gasteiger partial charge is 0.328 e. The molecular weight excluding hydrogens is 268 g/mol. The standard InChI is InChI=1S/C16H22N2O3/c1-21-16(20)14(9-11-5-3-2-4-6-11)18-15(19)10-13(17)12-7-8-12/h2-6,12-14H,7-10,17H2,1H3,(H,18,19). The Labute approximate surface area is 124 Å². The van der Waals surface area contributed by atoms with Gasteiger partial charge in [-0.05, 0) is 24.3 Å². The Hall–Kier alpha value is -1.88. The van der Waals surface area contributed by atoms with Crippen LogP contribution < -0.4 is 11.1 Å². The Morgan fingerprint density at radius 2 is 2.00 bits per heavy atom. The van der Waals surface area contributed by atoms with Gasteiger partial charge in [0, 0.05) is 18.9 Å². The number of hydrogen-bond acceptors (Lipinski definition) is 4. The summed E-state index contributed by atoms with van der Waals surface area (Å²) in [6.07, 6.45) is 2.86. The molecule has 5 heteroatoms. The van der Waals surface area contributed by atoms with Gasteiger partial charge in [-0.25, -0.2) is 4.79 Å². The van der Waals surface area contributed by atoms with Crippen molar-refractivity contribution in [3.63, 3.8) is 0 Å². The zero-order chi connectivity index (χ0) is 15.2. The summed E-state index contributed by atoms with van der Waals surface area (Å²) >= 11 is 0. The van der Waals surface area contributed by atoms with Gasteiger partial charge >= 0.3 is 5.97 Å². The van der Waals surface area contributed by atoms with E-state index in [1.54, 1.807) is 0 Å². The SMILES string of the molecule is COC(=O)C(Cc1ccccc1)NC(=O)CC(N)C1CC1. The van der Waals surface area contributed by atoms with Crippen molar-refractivity contribution in [3.05, 3.63) is 35.9 Å². The van der Waals surface area contributed by atoms with E-state index in [-0.39, 0.29) is 18.4 Å². The van der Waals surface area contributed by atoms with Crippen molar-refractivity contribution in [2.75, 3.05) is 7.11 Å². The van der Waals surface area contributed by atoms with Crippen LogP contribution in [-0.2, 0) is 20.7 Å². The summed E-state index contributed by atoms with van der Waals surface area (Å²) in [5.74, 6) is -0.172. The molecular formula is C16H22N2O3. The van der Waals surface area contributed by atoms with Gasteiger partial charge in [0.05, 0.1) is 7.11 Å². The summed E-state index contributed by atoms with van der Waals surface area (Å²) in [7, 11) is 1.32. The van der Waals surface area contributed by atoms with Crippen molar-refractivity contribution in [2.24, 2.45) is 11.7 Å². The Kier molecular flexibility index (Phi) is 5.33. The molecule has 1 aromatic carbocycles. The van der Waals surface area contributed by atoms with E-state index in [0.29, 0.717) is 12.3 Å². The molecule has 1 aromatic rings. The number of amides is 1. The zero-order valence-electron chi connectivity index (χ0n) is 12.2. The van der Waals surface area contributed by atoms with Crippen molar-refractivity contribution in [1.29, 1.82) is 0 Å². The van der Waals surface area contributed by atoms with Crippen LogP contribution >= 0.6 is 0 Å². The molecule has 0 aliphatic heterocycles. The molecule has 1 saturated carbocycles. The van der Waals surface area contributed by atoms with Gasteiger partial charge in [0.25, 0.3) is 0 Å². The van der Waals surface area contributed by atoms with Gasteiger partial charge in [-0.1, -0.05) is 30.3 Å². The zero-order valence-corrected chi connectivity index (χ0v) is 12.2. The van der Waals surface area contributed by atoms with Gasteiger partial charge in [0.2, 0.25) is 5.91 Å². The fraction of sp³-hybridized carbons (Fsp3) is 0.500. The summed E-state index contributed by atoms with van der Waals surface area (Å²) in [5.41, 5.74) is 6.91. The maximum absolute atomic E-state index is 12.0. The lowest BCUT2D eigenvalue weighted by Gasteiger charge is -2.18. The summed E-state index contributed by atoms with van der Waals surface area (Å²) in [6.45, 7) is 0. The van der Waals surface area contributed by atoms with Crippen LogP contribution in [0.2, 0.25) is 0 Å². The lowest BCUT2D eigenvalue weighted by Crippen LogP contribution is -2.45. The second kappa shape index (κ2) is 7.22. The van der Waals surface area contributed by atoms with Crippen LogP contribution in [0.3, 0.4) is 0 Å². The molecule has 2 unspecified atom stereocenters. The summed E-state index contributed by atoms with van der Waals surface area (Å²) in [6, 6.07) is 8.75. The minimum atomic E-state index is -0.670. The van der Waals surface area contributed by atoms with Crippen LogP contribution in [-0.4, -0.2) is 31.1 Å². The Balaban J connectivity index is 1.92. The summed E-state index contributed by atoms with van der Waals surface area (Å²) < 4.78 is 4.77. The molecule has 1 aliphatic rings. The number of benzene rings is 1. The highest BCUT2D eigenvalue weighted by atomic mass is 16.5. The van der Waals surface area contributed by atoms with E-state index < -0.39 is 12.0 Å². The molecule has 0 heterocycles. The maximum atomic E-state index is 12.0. The maximum Gasteiger partial charge on any atom is 0.328 e. The molecule has 2 rings (SSSR count). The van der Waals surface area contributed by atoms with Crippen LogP contribution in [0.1, 0.15) is 24.8 Å². The molecule has 2 atom stereocenters. The average Bonchev–Trinajstić information content (AvgIpc) is 3.31. The van der Waals surface area contributed by atoms with Crippen LogP contribution in [0, 0.1) is 5.92 Å². The van der Waals surface area contributed by atoms with Gasteiger partial charge in [-0.3, -0.25) is 4.79 Å². The number of esters is 1. The van der Waals surface area contributed by atoms with Gasteiger partial charge < -0.3 is 15.8 Å². The van der Waals surface area contributed by atoms with Crippen molar-refractivity contribution in [3.8, 4) is 0 Å². The topological polar surface area (TPSA) is 81.4 Å². The minimum Gasteiger partial charge on any atom is -0.467 e. The largest absolute Gasteiger partial charge is 0.467 e. The fourth-order valence-corrected chi connectivity index (χ4v) is 2.34. The third kappa shape index (κ3) is 4.86. The number of nitrogens with two attached hydrogens (primary N) is 1. The van der Waals surface area contributed by atoms with Crippen molar-refractivity contribution >= 4 is 11.9 Å². The molecule has 1 fully saturated rings. The Bertz CT molecular complexity index is 486. The van der Waals surface area contributed by atoms with E-state index in [0.717, 1.165) is 18.4 Å². The number of nitrogens with one attached hydrogen (secondary N) is 1. The van der Waals surface area contributed by atoms with Crippen LogP contribution in [0.5, 0.6) is 0 Å². The van der Waals surface area contributed by atoms with E-state index >= 15 is 0 Å². The first-order valence-corrected chi connectivity index (χ1v) is 7.27. The van der Waals surface area contributed by atoms with Gasteiger partial charge in [-0.15, -0.1) is 0 Å². The van der Waals surface area contributed by atoms with E-state index in [4.69, 9.17) is 10.5 Å². The second-order valence-corrected chi connectivity index (χ2v) is 5.54. The van der Waals surface area contributed by atoms with Gasteiger partial charge in [0.1, 0.15) is 6.04 Å². The lowest BCUT2D eigenvalue weighted by atomic mass is 10.0. The molecule has 1 amide bonds. The van der Waals surface area contributed by atoms with Crippen LogP contribution in [0.15, 0.2) is 30.3 Å². The highest BCUT2D eigenvalue weighted by Gasteiger charge is 2.31. The molecule has 0 saturated heterocycles. The normalized spacial score (nSPS) is 16.9. The monoisotopic (exact) mass is 290 g/mol. The van der Waals surface area contributed by atoms with Gasteiger partial charge in [-0.2, -0.15) is 0 Å². The molecule has 114 valence electrons. The van der Waals surface area contributed by atoms with Crippen LogP contribution in [0.4, 0.5) is 0 Å². The molecule has 5 nitrogen and oxygen atoms in total. The predicted molar refractivity (Wildman–Crippen MR) is 79.4 cm³/mol.